The molecule has 2 rings (SSSR count). The minimum Gasteiger partial charge on any atom is -0.484 e. The summed E-state index contributed by atoms with van der Waals surface area (Å²) < 4.78 is 5.63. The van der Waals surface area contributed by atoms with Crippen molar-refractivity contribution in [2.24, 2.45) is 5.92 Å². The molecule has 2 aromatic carbocycles. The van der Waals surface area contributed by atoms with Crippen LogP contribution in [0.25, 0.3) is 0 Å². The van der Waals surface area contributed by atoms with Gasteiger partial charge in [0.05, 0.1) is 0 Å². The molecule has 0 spiro atoms. The second-order valence-corrected chi connectivity index (χ2v) is 8.27. The summed E-state index contributed by atoms with van der Waals surface area (Å²) >= 11 is 12.3. The van der Waals surface area contributed by atoms with Crippen molar-refractivity contribution in [1.29, 1.82) is 0 Å². The zero-order valence-electron chi connectivity index (χ0n) is 17.5. The largest absolute Gasteiger partial charge is 0.484 e. The van der Waals surface area contributed by atoms with Crippen LogP contribution in [0.5, 0.6) is 5.75 Å². The van der Waals surface area contributed by atoms with Crippen molar-refractivity contribution in [1.82, 2.24) is 10.2 Å². The third-order valence-corrected chi connectivity index (χ3v) is 5.12. The van der Waals surface area contributed by atoms with Gasteiger partial charge >= 0.3 is 0 Å². The molecule has 5 nitrogen and oxygen atoms in total. The van der Waals surface area contributed by atoms with E-state index < -0.39 is 6.04 Å². The maximum Gasteiger partial charge on any atom is 0.261 e. The van der Waals surface area contributed by atoms with Crippen LogP contribution in [0.3, 0.4) is 0 Å². The van der Waals surface area contributed by atoms with Crippen molar-refractivity contribution < 1.29 is 14.3 Å². The van der Waals surface area contributed by atoms with Crippen molar-refractivity contribution in [2.75, 3.05) is 13.2 Å². The van der Waals surface area contributed by atoms with E-state index in [1.807, 2.05) is 39.0 Å². The zero-order chi connectivity index (χ0) is 22.1. The highest BCUT2D eigenvalue weighted by Gasteiger charge is 2.29. The molecule has 162 valence electrons. The highest BCUT2D eigenvalue weighted by atomic mass is 35.5. The van der Waals surface area contributed by atoms with E-state index in [1.54, 1.807) is 30.3 Å². The van der Waals surface area contributed by atoms with Crippen LogP contribution in [-0.4, -0.2) is 35.9 Å². The molecule has 0 heterocycles. The summed E-state index contributed by atoms with van der Waals surface area (Å²) in [4.78, 5) is 27.4. The molecule has 0 aliphatic heterocycles. The monoisotopic (exact) mass is 450 g/mol. The molecule has 2 aromatic rings. The number of carbonyl (C=O) groups excluding carboxylic acids is 2. The third kappa shape index (κ3) is 7.22. The quantitative estimate of drug-likeness (QED) is 0.556. The number of hydrogen-bond donors (Lipinski definition) is 1. The number of benzene rings is 2. The molecule has 2 amide bonds. The average Bonchev–Trinajstić information content (AvgIpc) is 2.72. The van der Waals surface area contributed by atoms with E-state index in [4.69, 9.17) is 27.9 Å². The van der Waals surface area contributed by atoms with Crippen molar-refractivity contribution >= 4 is 35.0 Å². The molecule has 1 unspecified atom stereocenters. The molecule has 0 saturated carbocycles. The molecule has 0 fully saturated rings. The van der Waals surface area contributed by atoms with Crippen molar-refractivity contribution in [3.05, 3.63) is 64.1 Å². The number of carbonyl (C=O) groups is 2. The Labute approximate surface area is 188 Å². The fourth-order valence-corrected chi connectivity index (χ4v) is 3.39. The van der Waals surface area contributed by atoms with Crippen LogP contribution in [0.2, 0.25) is 10.0 Å². The minimum atomic E-state index is -0.637. The number of nitrogens with one attached hydrogen (secondary N) is 1. The molecule has 0 aromatic heterocycles. The van der Waals surface area contributed by atoms with Gasteiger partial charge in [-0.15, -0.1) is 0 Å². The lowest BCUT2D eigenvalue weighted by atomic mass is 10.1. The summed E-state index contributed by atoms with van der Waals surface area (Å²) in [7, 11) is 0. The first kappa shape index (κ1) is 24.0. The summed E-state index contributed by atoms with van der Waals surface area (Å²) in [6.45, 7) is 6.46. The second kappa shape index (κ2) is 11.8. The number of halogens is 2. The van der Waals surface area contributed by atoms with Crippen molar-refractivity contribution in [3.63, 3.8) is 0 Å². The number of hydrogen-bond acceptors (Lipinski definition) is 3. The molecule has 1 N–H and O–H groups in total. The molecule has 0 aliphatic carbocycles. The number of ether oxygens (including phenoxy) is 1. The predicted octanol–water partition coefficient (Wildman–Crippen LogP) is 4.95. The maximum absolute atomic E-state index is 13.1. The number of para-hydroxylation sites is 1. The fraction of sp³-hybridized carbons (Fsp3) is 0.391. The normalized spacial score (nSPS) is 11.8. The average molecular weight is 451 g/mol. The lowest BCUT2D eigenvalue weighted by molar-refractivity contribution is -0.143. The molecular formula is C23H28Cl2N2O3. The topological polar surface area (TPSA) is 58.6 Å². The van der Waals surface area contributed by atoms with Crippen molar-refractivity contribution in [3.8, 4) is 5.75 Å². The third-order valence-electron chi connectivity index (χ3n) is 4.53. The van der Waals surface area contributed by atoms with Crippen LogP contribution < -0.4 is 10.1 Å². The van der Waals surface area contributed by atoms with Gasteiger partial charge in [0.1, 0.15) is 11.8 Å². The van der Waals surface area contributed by atoms with Crippen LogP contribution in [-0.2, 0) is 16.1 Å². The Morgan fingerprint density at radius 3 is 2.40 bits per heavy atom. The highest BCUT2D eigenvalue weighted by Crippen LogP contribution is 2.24. The van der Waals surface area contributed by atoms with Gasteiger partial charge in [-0.25, -0.2) is 0 Å². The van der Waals surface area contributed by atoms with Gasteiger partial charge in [-0.1, -0.05) is 68.2 Å². The summed E-state index contributed by atoms with van der Waals surface area (Å²) in [6.07, 6.45) is 0.464. The predicted molar refractivity (Wildman–Crippen MR) is 121 cm³/mol. The first-order valence-electron chi connectivity index (χ1n) is 10.0. The Morgan fingerprint density at radius 2 is 1.80 bits per heavy atom. The molecule has 0 saturated heterocycles. The fourth-order valence-electron chi connectivity index (χ4n) is 2.92. The Balaban J connectivity index is 2.22. The molecule has 0 aliphatic rings. The lowest BCUT2D eigenvalue weighted by Crippen LogP contribution is -2.50. The maximum atomic E-state index is 13.1. The van der Waals surface area contributed by atoms with E-state index in [1.165, 1.54) is 4.90 Å². The standard InChI is InChI=1S/C23H28Cl2N2O3/c1-4-21(23(29)26-13-16(2)3)27(14-17-10-11-18(24)12-20(17)25)22(28)15-30-19-8-6-5-7-9-19/h5-12,16,21H,4,13-15H2,1-3H3,(H,26,29). The minimum absolute atomic E-state index is 0.177. The lowest BCUT2D eigenvalue weighted by Gasteiger charge is -2.31. The molecule has 1 atom stereocenters. The van der Waals surface area contributed by atoms with E-state index in [0.717, 1.165) is 0 Å². The number of nitrogens with zero attached hydrogens (tertiary/aromatic N) is 1. The Morgan fingerprint density at radius 1 is 1.10 bits per heavy atom. The van der Waals surface area contributed by atoms with E-state index in [2.05, 4.69) is 5.32 Å². The van der Waals surface area contributed by atoms with Gasteiger partial charge in [0.25, 0.3) is 5.91 Å². The van der Waals surface area contributed by atoms with Crippen LogP contribution in [0, 0.1) is 5.92 Å². The molecule has 0 radical (unpaired) electrons. The Bertz CT molecular complexity index is 844. The van der Waals surface area contributed by atoms with E-state index in [9.17, 15) is 9.59 Å². The smallest absolute Gasteiger partial charge is 0.261 e. The van der Waals surface area contributed by atoms with Gasteiger partial charge < -0.3 is 15.0 Å². The van der Waals surface area contributed by atoms with Crippen molar-refractivity contribution in [2.45, 2.75) is 39.8 Å². The van der Waals surface area contributed by atoms with Crippen LogP contribution in [0.15, 0.2) is 48.5 Å². The van der Waals surface area contributed by atoms with Gasteiger partial charge in [-0.05, 0) is 42.2 Å². The molecule has 30 heavy (non-hydrogen) atoms. The first-order chi connectivity index (χ1) is 14.3. The van der Waals surface area contributed by atoms with Crippen LogP contribution in [0.4, 0.5) is 0 Å². The Kier molecular flexibility index (Phi) is 9.47. The molecule has 0 bridgehead atoms. The van der Waals surface area contributed by atoms with Gasteiger partial charge in [0.2, 0.25) is 5.91 Å². The van der Waals surface area contributed by atoms with E-state index >= 15 is 0 Å². The number of rotatable bonds is 10. The zero-order valence-corrected chi connectivity index (χ0v) is 19.0. The van der Waals surface area contributed by atoms with E-state index in [0.29, 0.717) is 40.2 Å². The van der Waals surface area contributed by atoms with Gasteiger partial charge in [-0.3, -0.25) is 9.59 Å². The second-order valence-electron chi connectivity index (χ2n) is 7.42. The Hall–Kier alpha value is -2.24. The van der Waals surface area contributed by atoms with Gasteiger partial charge in [-0.2, -0.15) is 0 Å². The number of amides is 2. The van der Waals surface area contributed by atoms with Gasteiger partial charge in [0.15, 0.2) is 6.61 Å². The summed E-state index contributed by atoms with van der Waals surface area (Å²) in [6, 6.07) is 13.6. The van der Waals surface area contributed by atoms with Crippen LogP contribution in [0.1, 0.15) is 32.8 Å². The molecular weight excluding hydrogens is 423 g/mol. The summed E-state index contributed by atoms with van der Waals surface area (Å²) in [5.74, 6) is 0.413. The molecule has 7 heteroatoms. The van der Waals surface area contributed by atoms with Gasteiger partial charge in [0, 0.05) is 23.1 Å². The summed E-state index contributed by atoms with van der Waals surface area (Å²) in [5, 5.41) is 3.88. The first-order valence-corrected chi connectivity index (χ1v) is 10.8. The summed E-state index contributed by atoms with van der Waals surface area (Å²) in [5.41, 5.74) is 0.712. The van der Waals surface area contributed by atoms with Crippen LogP contribution >= 0.6 is 23.2 Å². The highest BCUT2D eigenvalue weighted by molar-refractivity contribution is 6.35. The van der Waals surface area contributed by atoms with E-state index in [-0.39, 0.29) is 25.0 Å². The SMILES string of the molecule is CCC(C(=O)NCC(C)C)N(Cc1ccc(Cl)cc1Cl)C(=O)COc1ccccc1.